The summed E-state index contributed by atoms with van der Waals surface area (Å²) in [6.07, 6.45) is 2.49. The van der Waals surface area contributed by atoms with E-state index in [-0.39, 0.29) is 5.76 Å². The second-order valence-corrected chi connectivity index (χ2v) is 4.34. The molecule has 2 rings (SSSR count). The number of aromatic nitrogens is 2. The van der Waals surface area contributed by atoms with Crippen LogP contribution >= 0.6 is 0 Å². The van der Waals surface area contributed by atoms with Gasteiger partial charge in [0.05, 0.1) is 24.9 Å². The minimum Gasteiger partial charge on any atom is -0.451 e. The van der Waals surface area contributed by atoms with Crippen molar-refractivity contribution in [2.24, 2.45) is 0 Å². The number of methoxy groups -OCH3 is 1. The molecule has 9 heteroatoms. The van der Waals surface area contributed by atoms with Gasteiger partial charge in [-0.25, -0.2) is 9.37 Å². The molecule has 0 aliphatic carbocycles. The molecule has 0 unspecified atom stereocenters. The van der Waals surface area contributed by atoms with Crippen LogP contribution in [0.15, 0.2) is 22.7 Å². The van der Waals surface area contributed by atoms with Crippen molar-refractivity contribution in [1.29, 1.82) is 0 Å². The van der Waals surface area contributed by atoms with Gasteiger partial charge in [-0.2, -0.15) is 9.78 Å². The Bertz CT molecular complexity index is 724. The van der Waals surface area contributed by atoms with E-state index in [4.69, 9.17) is 4.42 Å². The molecule has 0 bridgehead atoms. The fourth-order valence-corrected chi connectivity index (χ4v) is 1.69. The van der Waals surface area contributed by atoms with Crippen molar-refractivity contribution in [2.45, 2.75) is 0 Å². The van der Waals surface area contributed by atoms with Crippen molar-refractivity contribution in [3.05, 3.63) is 34.0 Å². The van der Waals surface area contributed by atoms with E-state index in [1.54, 1.807) is 24.9 Å². The number of hydrogen-bond acceptors (Lipinski definition) is 6. The van der Waals surface area contributed by atoms with Gasteiger partial charge >= 0.3 is 12.0 Å². The van der Waals surface area contributed by atoms with Crippen molar-refractivity contribution in [2.75, 3.05) is 21.2 Å². The van der Waals surface area contributed by atoms with E-state index in [1.807, 2.05) is 0 Å². The Morgan fingerprint density at radius 2 is 2.19 bits per heavy atom. The minimum absolute atomic E-state index is 0.192. The number of ether oxygens (including phenoxy) is 1. The topological polar surface area (TPSA) is 103 Å². The largest absolute Gasteiger partial charge is 0.451 e. The molecule has 0 spiro atoms. The van der Waals surface area contributed by atoms with Crippen LogP contribution in [0.3, 0.4) is 0 Å². The monoisotopic (exact) mass is 293 g/mol. The van der Waals surface area contributed by atoms with Crippen molar-refractivity contribution in [1.82, 2.24) is 9.78 Å². The molecule has 0 N–H and O–H groups in total. The molecular weight excluding hydrogens is 280 g/mol. The Hall–Kier alpha value is -2.97. The van der Waals surface area contributed by atoms with Crippen LogP contribution in [0.1, 0.15) is 5.56 Å². The normalized spacial score (nSPS) is 10.2. The lowest BCUT2D eigenvalue weighted by atomic mass is 10.2. The predicted molar refractivity (Wildman–Crippen MR) is 71.7 cm³/mol. The molecule has 2 heterocycles. The molecule has 0 radical (unpaired) electrons. The first-order chi connectivity index (χ1) is 9.92. The summed E-state index contributed by atoms with van der Waals surface area (Å²) in [6, 6.07) is 2.65. The Morgan fingerprint density at radius 1 is 1.48 bits per heavy atom. The van der Waals surface area contributed by atoms with Crippen LogP contribution in [0.25, 0.3) is 11.5 Å². The van der Waals surface area contributed by atoms with Crippen LogP contribution in [0.2, 0.25) is 0 Å². The zero-order chi connectivity index (χ0) is 15.6. The third-order valence-electron chi connectivity index (χ3n) is 2.51. The van der Waals surface area contributed by atoms with E-state index >= 15 is 0 Å². The van der Waals surface area contributed by atoms with Crippen LogP contribution in [0.4, 0.5) is 10.7 Å². The lowest BCUT2D eigenvalue weighted by molar-refractivity contribution is -0.458. The second-order valence-electron chi connectivity index (χ2n) is 4.34. The maximum atomic E-state index is 11.5. The average molecular weight is 293 g/mol. The summed E-state index contributed by atoms with van der Waals surface area (Å²) in [7, 11) is 4.82. The minimum atomic E-state index is -0.671. The number of nitro groups is 1. The van der Waals surface area contributed by atoms with Crippen LogP contribution in [0.5, 0.6) is 0 Å². The molecule has 9 nitrogen and oxygen atoms in total. The summed E-state index contributed by atoms with van der Waals surface area (Å²) < 4.78 is 12.4. The third-order valence-corrected chi connectivity index (χ3v) is 2.51. The van der Waals surface area contributed by atoms with Gasteiger partial charge in [0.25, 0.3) is 0 Å². The molecule has 110 valence electrons. The highest BCUT2D eigenvalue weighted by Gasteiger charge is 2.21. The van der Waals surface area contributed by atoms with Gasteiger partial charge in [0.1, 0.15) is 24.7 Å². The lowest BCUT2D eigenvalue weighted by Crippen LogP contribution is -2.11. The molecule has 0 fully saturated rings. The first kappa shape index (κ1) is 14.4. The molecule has 0 saturated heterocycles. The summed E-state index contributed by atoms with van der Waals surface area (Å²) in [6.45, 7) is 0. The summed E-state index contributed by atoms with van der Waals surface area (Å²) in [5.41, 5.74) is 0.872. The standard InChI is InChI=1S/C12H13N4O5/c1-14(2)6-8-7-15(12(17)20-3)13-11(8)9-4-5-10(21-9)16(18)19/h4-7H,1-3H3/q+1. The van der Waals surface area contributed by atoms with Crippen molar-refractivity contribution < 1.29 is 23.4 Å². The molecule has 0 amide bonds. The number of carbonyl (C=O) groups excluding carboxylic acids is 1. The van der Waals surface area contributed by atoms with E-state index in [1.165, 1.54) is 25.4 Å². The number of carbonyl (C=O) groups is 1. The zero-order valence-electron chi connectivity index (χ0n) is 11.6. The van der Waals surface area contributed by atoms with Gasteiger partial charge in [0.15, 0.2) is 12.0 Å². The fourth-order valence-electron chi connectivity index (χ4n) is 1.69. The van der Waals surface area contributed by atoms with Gasteiger partial charge < -0.3 is 9.15 Å². The zero-order valence-corrected chi connectivity index (χ0v) is 11.6. The van der Waals surface area contributed by atoms with Crippen molar-refractivity contribution in [3.8, 4) is 11.5 Å². The first-order valence-corrected chi connectivity index (χ1v) is 5.86. The van der Waals surface area contributed by atoms with E-state index in [2.05, 4.69) is 9.84 Å². The maximum Gasteiger partial charge on any atom is 0.434 e. The molecule has 0 aromatic carbocycles. The van der Waals surface area contributed by atoms with Crippen molar-refractivity contribution >= 4 is 18.2 Å². The molecule has 2 aromatic rings. The molecule has 21 heavy (non-hydrogen) atoms. The maximum absolute atomic E-state index is 11.5. The van der Waals surface area contributed by atoms with E-state index < -0.39 is 16.9 Å². The van der Waals surface area contributed by atoms with E-state index in [9.17, 15) is 14.9 Å². The quantitative estimate of drug-likeness (QED) is 0.366. The van der Waals surface area contributed by atoms with E-state index in [0.29, 0.717) is 11.3 Å². The average Bonchev–Trinajstić information content (AvgIpc) is 3.03. The van der Waals surface area contributed by atoms with Gasteiger partial charge in [0, 0.05) is 0 Å². The molecule has 0 aliphatic rings. The lowest BCUT2D eigenvalue weighted by Gasteiger charge is -1.95. The van der Waals surface area contributed by atoms with Gasteiger partial charge in [0.2, 0.25) is 0 Å². The highest BCUT2D eigenvalue weighted by atomic mass is 16.6. The SMILES string of the molecule is COC(=O)n1cc(C=[N+](C)C)c(-c2ccc([N+](=O)[O-])o2)n1. The molecule has 0 saturated carbocycles. The number of rotatable bonds is 3. The van der Waals surface area contributed by atoms with Crippen molar-refractivity contribution in [3.63, 3.8) is 0 Å². The van der Waals surface area contributed by atoms with Crippen LogP contribution in [-0.2, 0) is 4.74 Å². The number of nitrogens with zero attached hydrogens (tertiary/aromatic N) is 4. The molecule has 2 aromatic heterocycles. The van der Waals surface area contributed by atoms with Gasteiger partial charge in [-0.3, -0.25) is 10.1 Å². The Kier molecular flexibility index (Phi) is 3.83. The van der Waals surface area contributed by atoms with Gasteiger partial charge in [-0.05, 0) is 6.07 Å². The second kappa shape index (κ2) is 5.57. The third kappa shape index (κ3) is 2.96. The smallest absolute Gasteiger partial charge is 0.434 e. The van der Waals surface area contributed by atoms with Gasteiger partial charge in [-0.1, -0.05) is 0 Å². The number of furan rings is 1. The fraction of sp³-hybridized carbons (Fsp3) is 0.250. The van der Waals surface area contributed by atoms with Crippen LogP contribution < -0.4 is 0 Å². The van der Waals surface area contributed by atoms with Crippen LogP contribution in [-0.4, -0.2) is 52.8 Å². The molecule has 0 aliphatic heterocycles. The summed E-state index contributed by atoms with van der Waals surface area (Å²) in [4.78, 5) is 21.5. The number of hydrogen-bond donors (Lipinski definition) is 0. The summed E-state index contributed by atoms with van der Waals surface area (Å²) in [5, 5.41) is 14.7. The van der Waals surface area contributed by atoms with E-state index in [0.717, 1.165) is 4.68 Å². The Morgan fingerprint density at radius 3 is 2.71 bits per heavy atom. The Labute approximate surface area is 119 Å². The highest BCUT2D eigenvalue weighted by Crippen LogP contribution is 2.26. The van der Waals surface area contributed by atoms with Gasteiger partial charge in [-0.15, -0.1) is 0 Å². The molecule has 0 atom stereocenters. The molecular formula is C12H13N4O5+. The first-order valence-electron chi connectivity index (χ1n) is 5.86. The van der Waals surface area contributed by atoms with Crippen LogP contribution in [0, 0.1) is 10.1 Å². The predicted octanol–water partition coefficient (Wildman–Crippen LogP) is 1.36. The Balaban J connectivity index is 2.54. The summed E-state index contributed by atoms with van der Waals surface area (Å²) in [5.74, 6) is -0.203. The highest BCUT2D eigenvalue weighted by molar-refractivity contribution is 5.86. The summed E-state index contributed by atoms with van der Waals surface area (Å²) >= 11 is 0.